The van der Waals surface area contributed by atoms with Crippen LogP contribution in [-0.2, 0) is 10.0 Å². The van der Waals surface area contributed by atoms with E-state index in [2.05, 4.69) is 4.72 Å². The Morgan fingerprint density at radius 3 is 2.72 bits per heavy atom. The van der Waals surface area contributed by atoms with E-state index in [1.807, 2.05) is 13.2 Å². The van der Waals surface area contributed by atoms with Gasteiger partial charge in [-0.25, -0.2) is 17.9 Å². The summed E-state index contributed by atoms with van der Waals surface area (Å²) in [5, 5.41) is 8.97. The van der Waals surface area contributed by atoms with Crippen molar-refractivity contribution in [1.29, 1.82) is 0 Å². The van der Waals surface area contributed by atoms with Gasteiger partial charge in [-0.3, -0.25) is 0 Å². The molecule has 0 radical (unpaired) electrons. The molecular formula is C11H15NO4S2. The average molecular weight is 289 g/mol. The number of thioether (sulfide) groups is 1. The summed E-state index contributed by atoms with van der Waals surface area (Å²) in [5.41, 5.74) is -0.0456. The minimum absolute atomic E-state index is 0.0318. The standard InChI is InChI=1S/C11H15NO4S2/c1-8(17-2)7-12-18(15,16)10-5-3-4-9(6-10)11(13)14/h3-6,8,12H,7H2,1-2H3,(H,13,14). The maximum absolute atomic E-state index is 11.9. The third-order valence-electron chi connectivity index (χ3n) is 2.35. The monoisotopic (exact) mass is 289 g/mol. The molecule has 1 aromatic rings. The molecule has 2 N–H and O–H groups in total. The van der Waals surface area contributed by atoms with Crippen molar-refractivity contribution < 1.29 is 18.3 Å². The number of carboxylic acid groups (broad SMARTS) is 1. The van der Waals surface area contributed by atoms with Gasteiger partial charge in [-0.1, -0.05) is 13.0 Å². The first-order valence-electron chi connectivity index (χ1n) is 5.22. The first-order valence-corrected chi connectivity index (χ1v) is 7.99. The Labute approximate surface area is 111 Å². The lowest BCUT2D eigenvalue weighted by Gasteiger charge is -2.10. The van der Waals surface area contributed by atoms with Gasteiger partial charge in [-0.05, 0) is 24.5 Å². The van der Waals surface area contributed by atoms with E-state index in [9.17, 15) is 13.2 Å². The fraction of sp³-hybridized carbons (Fsp3) is 0.364. The van der Waals surface area contributed by atoms with Crippen LogP contribution in [0.15, 0.2) is 29.2 Å². The van der Waals surface area contributed by atoms with Gasteiger partial charge in [-0.15, -0.1) is 0 Å². The number of carboxylic acids is 1. The molecule has 0 aromatic heterocycles. The van der Waals surface area contributed by atoms with Crippen molar-refractivity contribution in [3.8, 4) is 0 Å². The predicted molar refractivity (Wildman–Crippen MR) is 71.6 cm³/mol. The summed E-state index contributed by atoms with van der Waals surface area (Å²) in [4.78, 5) is 10.7. The number of nitrogens with one attached hydrogen (secondary N) is 1. The highest BCUT2D eigenvalue weighted by atomic mass is 32.2. The molecule has 0 saturated carbocycles. The second-order valence-corrected chi connectivity index (χ2v) is 6.77. The molecule has 7 heteroatoms. The number of benzene rings is 1. The van der Waals surface area contributed by atoms with Crippen LogP contribution in [0.2, 0.25) is 0 Å². The molecule has 0 bridgehead atoms. The predicted octanol–water partition coefficient (Wildman–Crippen LogP) is 1.41. The highest BCUT2D eigenvalue weighted by molar-refractivity contribution is 7.99. The number of rotatable bonds is 6. The van der Waals surface area contributed by atoms with E-state index in [0.29, 0.717) is 6.54 Å². The zero-order valence-electron chi connectivity index (χ0n) is 10.1. The molecule has 0 aliphatic heterocycles. The van der Waals surface area contributed by atoms with Crippen molar-refractivity contribution in [2.75, 3.05) is 12.8 Å². The molecule has 0 fully saturated rings. The van der Waals surface area contributed by atoms with Gasteiger partial charge in [0.05, 0.1) is 10.5 Å². The summed E-state index contributed by atoms with van der Waals surface area (Å²) < 4.78 is 26.3. The lowest BCUT2D eigenvalue weighted by molar-refractivity contribution is 0.0696. The molecule has 0 saturated heterocycles. The van der Waals surface area contributed by atoms with E-state index in [1.165, 1.54) is 18.2 Å². The van der Waals surface area contributed by atoms with Crippen molar-refractivity contribution >= 4 is 27.8 Å². The molecule has 100 valence electrons. The quantitative estimate of drug-likeness (QED) is 0.827. The molecule has 1 aromatic carbocycles. The van der Waals surface area contributed by atoms with Crippen LogP contribution in [0.1, 0.15) is 17.3 Å². The molecule has 1 unspecified atom stereocenters. The molecular weight excluding hydrogens is 274 g/mol. The van der Waals surface area contributed by atoms with Gasteiger partial charge in [0.2, 0.25) is 10.0 Å². The third-order valence-corrected chi connectivity index (χ3v) is 4.75. The first-order chi connectivity index (χ1) is 8.36. The second kappa shape index (κ2) is 6.21. The Bertz CT molecular complexity index is 528. The Hall–Kier alpha value is -1.05. The van der Waals surface area contributed by atoms with E-state index < -0.39 is 16.0 Å². The SMILES string of the molecule is CSC(C)CNS(=O)(=O)c1cccc(C(=O)O)c1. The molecule has 1 atom stereocenters. The van der Waals surface area contributed by atoms with Crippen molar-refractivity contribution in [1.82, 2.24) is 4.72 Å². The summed E-state index contributed by atoms with van der Waals surface area (Å²) in [6, 6.07) is 5.29. The van der Waals surface area contributed by atoms with Crippen molar-refractivity contribution in [3.63, 3.8) is 0 Å². The Morgan fingerprint density at radius 2 is 2.17 bits per heavy atom. The Kier molecular flexibility index (Phi) is 5.18. The number of sulfonamides is 1. The van der Waals surface area contributed by atoms with Crippen LogP contribution in [0.5, 0.6) is 0 Å². The second-order valence-electron chi connectivity index (χ2n) is 3.73. The number of hydrogen-bond donors (Lipinski definition) is 2. The van der Waals surface area contributed by atoms with Gasteiger partial charge >= 0.3 is 5.97 Å². The maximum atomic E-state index is 11.9. The minimum Gasteiger partial charge on any atom is -0.478 e. The van der Waals surface area contributed by atoms with Crippen molar-refractivity contribution in [2.45, 2.75) is 17.1 Å². The smallest absolute Gasteiger partial charge is 0.335 e. The van der Waals surface area contributed by atoms with Gasteiger partial charge in [0.25, 0.3) is 0 Å². The minimum atomic E-state index is -3.65. The molecule has 1 rings (SSSR count). The highest BCUT2D eigenvalue weighted by Gasteiger charge is 2.16. The zero-order valence-corrected chi connectivity index (χ0v) is 11.7. The van der Waals surface area contributed by atoms with Crippen LogP contribution in [0, 0.1) is 0 Å². The zero-order chi connectivity index (χ0) is 13.8. The number of carbonyl (C=O) groups is 1. The normalized spacial score (nSPS) is 13.2. The van der Waals surface area contributed by atoms with E-state index >= 15 is 0 Å². The van der Waals surface area contributed by atoms with Crippen molar-refractivity contribution in [2.24, 2.45) is 0 Å². The summed E-state index contributed by atoms with van der Waals surface area (Å²) in [6.07, 6.45) is 1.89. The van der Waals surface area contributed by atoms with E-state index in [4.69, 9.17) is 5.11 Å². The summed E-state index contributed by atoms with van der Waals surface area (Å²) in [5.74, 6) is -1.15. The van der Waals surface area contributed by atoms with Crippen LogP contribution in [0.3, 0.4) is 0 Å². The fourth-order valence-corrected chi connectivity index (χ4v) is 2.72. The van der Waals surface area contributed by atoms with Gasteiger partial charge in [0, 0.05) is 11.8 Å². The van der Waals surface area contributed by atoms with Crippen LogP contribution in [0.4, 0.5) is 0 Å². The molecule has 5 nitrogen and oxygen atoms in total. The number of aromatic carboxylic acids is 1. The molecule has 0 spiro atoms. The number of hydrogen-bond acceptors (Lipinski definition) is 4. The average Bonchev–Trinajstić information content (AvgIpc) is 2.36. The highest BCUT2D eigenvalue weighted by Crippen LogP contribution is 2.12. The Morgan fingerprint density at radius 1 is 1.50 bits per heavy atom. The third kappa shape index (κ3) is 4.01. The van der Waals surface area contributed by atoms with Gasteiger partial charge < -0.3 is 5.11 Å². The molecule has 0 aliphatic carbocycles. The van der Waals surface area contributed by atoms with Crippen molar-refractivity contribution in [3.05, 3.63) is 29.8 Å². The van der Waals surface area contributed by atoms with Crippen LogP contribution < -0.4 is 4.72 Å². The molecule has 18 heavy (non-hydrogen) atoms. The summed E-state index contributed by atoms with van der Waals surface area (Å²) in [7, 11) is -3.65. The summed E-state index contributed by atoms with van der Waals surface area (Å²) in [6.45, 7) is 2.21. The van der Waals surface area contributed by atoms with E-state index in [0.717, 1.165) is 6.07 Å². The molecule has 0 amide bonds. The van der Waals surface area contributed by atoms with Crippen LogP contribution in [0.25, 0.3) is 0 Å². The molecule has 0 heterocycles. The van der Waals surface area contributed by atoms with Gasteiger partial charge in [0.1, 0.15) is 0 Å². The summed E-state index contributed by atoms with van der Waals surface area (Å²) >= 11 is 1.55. The lowest BCUT2D eigenvalue weighted by atomic mass is 10.2. The first kappa shape index (κ1) is 15.0. The largest absolute Gasteiger partial charge is 0.478 e. The van der Waals surface area contributed by atoms with E-state index in [1.54, 1.807) is 11.8 Å². The molecule has 0 aliphatic rings. The Balaban J connectivity index is 2.91. The topological polar surface area (TPSA) is 83.5 Å². The maximum Gasteiger partial charge on any atom is 0.335 e. The van der Waals surface area contributed by atoms with Crippen LogP contribution >= 0.6 is 11.8 Å². The van der Waals surface area contributed by atoms with E-state index in [-0.39, 0.29) is 15.7 Å². The van der Waals surface area contributed by atoms with Crippen LogP contribution in [-0.4, -0.2) is 37.5 Å². The van der Waals surface area contributed by atoms with Gasteiger partial charge in [0.15, 0.2) is 0 Å². The van der Waals surface area contributed by atoms with Gasteiger partial charge in [-0.2, -0.15) is 11.8 Å². The fourth-order valence-electron chi connectivity index (χ4n) is 1.19. The lowest BCUT2D eigenvalue weighted by Crippen LogP contribution is -2.29.